The summed E-state index contributed by atoms with van der Waals surface area (Å²) in [6.45, 7) is 5.32. The average Bonchev–Trinajstić information content (AvgIpc) is 2.61. The van der Waals surface area contributed by atoms with Gasteiger partial charge in [0.25, 0.3) is 0 Å². The Balaban J connectivity index is 2.44. The molecule has 0 atom stereocenters. The highest BCUT2D eigenvalue weighted by Gasteiger charge is 2.08. The smallest absolute Gasteiger partial charge is 0.0378 e. The minimum Gasteiger partial charge on any atom is -0.315 e. The van der Waals surface area contributed by atoms with E-state index in [0.717, 1.165) is 6.54 Å². The molecule has 16 heavy (non-hydrogen) atoms. The number of nitrogens with one attached hydrogen (secondary N) is 1. The van der Waals surface area contributed by atoms with Gasteiger partial charge in [-0.2, -0.15) is 0 Å². The fourth-order valence-electron chi connectivity index (χ4n) is 1.90. The molecule has 0 bridgehead atoms. The Morgan fingerprint density at radius 3 is 2.56 bits per heavy atom. The summed E-state index contributed by atoms with van der Waals surface area (Å²) < 4.78 is 0. The lowest BCUT2D eigenvalue weighted by Crippen LogP contribution is -2.02. The van der Waals surface area contributed by atoms with Crippen molar-refractivity contribution in [2.24, 2.45) is 0 Å². The molecular formula is C14H17NS. The zero-order valence-corrected chi connectivity index (χ0v) is 10.8. The van der Waals surface area contributed by atoms with Crippen LogP contribution in [0.25, 0.3) is 10.4 Å². The monoisotopic (exact) mass is 231 g/mol. The van der Waals surface area contributed by atoms with Gasteiger partial charge in [0, 0.05) is 16.3 Å². The number of hydrogen-bond acceptors (Lipinski definition) is 2. The van der Waals surface area contributed by atoms with Gasteiger partial charge in [-0.1, -0.05) is 24.3 Å². The predicted octanol–water partition coefficient (Wildman–Crippen LogP) is 3.75. The lowest BCUT2D eigenvalue weighted by atomic mass is 10.1. The molecule has 0 aliphatic carbocycles. The fraction of sp³-hybridized carbons (Fsp3) is 0.286. The summed E-state index contributed by atoms with van der Waals surface area (Å²) in [5.74, 6) is 0. The zero-order chi connectivity index (χ0) is 11.5. The van der Waals surface area contributed by atoms with Crippen LogP contribution in [0.4, 0.5) is 0 Å². The van der Waals surface area contributed by atoms with Crippen molar-refractivity contribution in [2.75, 3.05) is 7.05 Å². The second kappa shape index (κ2) is 4.81. The van der Waals surface area contributed by atoms with E-state index in [-0.39, 0.29) is 0 Å². The molecule has 0 aliphatic rings. The van der Waals surface area contributed by atoms with Crippen molar-refractivity contribution in [2.45, 2.75) is 20.4 Å². The predicted molar refractivity (Wildman–Crippen MR) is 72.0 cm³/mol. The van der Waals surface area contributed by atoms with Crippen LogP contribution in [0, 0.1) is 13.8 Å². The van der Waals surface area contributed by atoms with Gasteiger partial charge in [-0.05, 0) is 43.7 Å². The van der Waals surface area contributed by atoms with Crippen molar-refractivity contribution in [3.63, 3.8) is 0 Å². The minimum absolute atomic E-state index is 0.956. The summed E-state index contributed by atoms with van der Waals surface area (Å²) in [4.78, 5) is 2.81. The summed E-state index contributed by atoms with van der Waals surface area (Å²) in [6.07, 6.45) is 0. The zero-order valence-electron chi connectivity index (χ0n) is 10.0. The van der Waals surface area contributed by atoms with Crippen molar-refractivity contribution in [1.29, 1.82) is 0 Å². The Labute approximate surface area is 101 Å². The van der Waals surface area contributed by atoms with Crippen LogP contribution in [0.2, 0.25) is 0 Å². The lowest BCUT2D eigenvalue weighted by Gasteiger charge is -2.03. The molecule has 2 heteroatoms. The minimum atomic E-state index is 0.956. The quantitative estimate of drug-likeness (QED) is 0.848. The molecule has 0 saturated heterocycles. The first-order valence-corrected chi connectivity index (χ1v) is 6.34. The Hall–Kier alpha value is -1.12. The van der Waals surface area contributed by atoms with Crippen LogP contribution < -0.4 is 5.32 Å². The van der Waals surface area contributed by atoms with E-state index in [2.05, 4.69) is 49.5 Å². The van der Waals surface area contributed by atoms with Gasteiger partial charge < -0.3 is 5.32 Å². The molecule has 2 rings (SSSR count). The molecule has 0 spiro atoms. The molecular weight excluding hydrogens is 214 g/mol. The van der Waals surface area contributed by atoms with Crippen LogP contribution in [0.5, 0.6) is 0 Å². The molecule has 1 aromatic carbocycles. The normalized spacial score (nSPS) is 10.7. The molecule has 0 amide bonds. The summed E-state index contributed by atoms with van der Waals surface area (Å²) in [7, 11) is 1.99. The fourth-order valence-corrected chi connectivity index (χ4v) is 3.18. The lowest BCUT2D eigenvalue weighted by molar-refractivity contribution is 0.831. The van der Waals surface area contributed by atoms with Gasteiger partial charge in [0.05, 0.1) is 0 Å². The van der Waals surface area contributed by atoms with E-state index >= 15 is 0 Å². The second-order valence-electron chi connectivity index (χ2n) is 4.07. The number of thiophene rings is 1. The first kappa shape index (κ1) is 11.4. The van der Waals surface area contributed by atoms with E-state index in [4.69, 9.17) is 0 Å². The summed E-state index contributed by atoms with van der Waals surface area (Å²) >= 11 is 1.89. The van der Waals surface area contributed by atoms with Crippen LogP contribution in [0.15, 0.2) is 30.3 Å². The first-order chi connectivity index (χ1) is 7.72. The van der Waals surface area contributed by atoms with Crippen LogP contribution >= 0.6 is 11.3 Å². The van der Waals surface area contributed by atoms with Crippen molar-refractivity contribution < 1.29 is 0 Å². The Morgan fingerprint density at radius 1 is 1.12 bits per heavy atom. The van der Waals surface area contributed by atoms with Crippen molar-refractivity contribution in [3.05, 3.63) is 46.3 Å². The highest BCUT2D eigenvalue weighted by atomic mass is 32.1. The summed E-state index contributed by atoms with van der Waals surface area (Å²) in [5.41, 5.74) is 4.10. The van der Waals surface area contributed by atoms with Gasteiger partial charge in [0.1, 0.15) is 0 Å². The van der Waals surface area contributed by atoms with Gasteiger partial charge in [0.15, 0.2) is 0 Å². The molecule has 0 fully saturated rings. The highest BCUT2D eigenvalue weighted by Crippen LogP contribution is 2.34. The van der Waals surface area contributed by atoms with E-state index < -0.39 is 0 Å². The van der Waals surface area contributed by atoms with Crippen LogP contribution in [0.1, 0.15) is 16.0 Å². The number of benzene rings is 1. The third-order valence-electron chi connectivity index (χ3n) is 2.71. The molecule has 1 heterocycles. The maximum Gasteiger partial charge on any atom is 0.0378 e. The van der Waals surface area contributed by atoms with Gasteiger partial charge in [-0.3, -0.25) is 0 Å². The molecule has 0 unspecified atom stereocenters. The molecule has 1 aromatic heterocycles. The molecule has 0 aliphatic heterocycles. The number of rotatable bonds is 3. The third-order valence-corrected chi connectivity index (χ3v) is 3.98. The molecule has 2 aromatic rings. The summed E-state index contributed by atoms with van der Waals surface area (Å²) in [5, 5.41) is 3.20. The van der Waals surface area contributed by atoms with E-state index in [0.29, 0.717) is 0 Å². The topological polar surface area (TPSA) is 12.0 Å². The third kappa shape index (κ3) is 2.18. The Kier molecular flexibility index (Phi) is 3.42. The van der Waals surface area contributed by atoms with Crippen LogP contribution in [-0.4, -0.2) is 7.05 Å². The van der Waals surface area contributed by atoms with E-state index in [1.54, 1.807) is 0 Å². The SMILES string of the molecule is CNCc1cc(C)c(-c2ccccc2C)s1. The second-order valence-corrected chi connectivity index (χ2v) is 5.21. The van der Waals surface area contributed by atoms with Crippen molar-refractivity contribution in [1.82, 2.24) is 5.32 Å². The van der Waals surface area contributed by atoms with Gasteiger partial charge >= 0.3 is 0 Å². The number of aryl methyl sites for hydroxylation is 2. The van der Waals surface area contributed by atoms with E-state index in [1.807, 2.05) is 18.4 Å². The Bertz CT molecular complexity index is 485. The standard InChI is InChI=1S/C14H17NS/c1-10-6-4-5-7-13(10)14-11(2)8-12(16-14)9-15-3/h4-8,15H,9H2,1-3H3. The average molecular weight is 231 g/mol. The van der Waals surface area contributed by atoms with E-state index in [1.165, 1.54) is 26.4 Å². The summed E-state index contributed by atoms with van der Waals surface area (Å²) in [6, 6.07) is 10.9. The van der Waals surface area contributed by atoms with E-state index in [9.17, 15) is 0 Å². The maximum atomic E-state index is 3.20. The van der Waals surface area contributed by atoms with Crippen molar-refractivity contribution in [3.8, 4) is 10.4 Å². The Morgan fingerprint density at radius 2 is 1.88 bits per heavy atom. The molecule has 0 radical (unpaired) electrons. The van der Waals surface area contributed by atoms with Gasteiger partial charge in [-0.25, -0.2) is 0 Å². The highest BCUT2D eigenvalue weighted by molar-refractivity contribution is 7.15. The molecule has 1 N–H and O–H groups in total. The van der Waals surface area contributed by atoms with Crippen LogP contribution in [-0.2, 0) is 6.54 Å². The maximum absolute atomic E-state index is 3.20. The molecule has 84 valence electrons. The first-order valence-electron chi connectivity index (χ1n) is 5.52. The molecule has 0 saturated carbocycles. The largest absolute Gasteiger partial charge is 0.315 e. The van der Waals surface area contributed by atoms with Crippen LogP contribution in [0.3, 0.4) is 0 Å². The number of hydrogen-bond donors (Lipinski definition) is 1. The van der Waals surface area contributed by atoms with Gasteiger partial charge in [0.2, 0.25) is 0 Å². The van der Waals surface area contributed by atoms with Gasteiger partial charge in [-0.15, -0.1) is 11.3 Å². The molecule has 1 nitrogen and oxygen atoms in total. The van der Waals surface area contributed by atoms with Crippen molar-refractivity contribution >= 4 is 11.3 Å².